The summed E-state index contributed by atoms with van der Waals surface area (Å²) in [5, 5.41) is 0. The lowest BCUT2D eigenvalue weighted by atomic mass is 10.2. The van der Waals surface area contributed by atoms with Crippen LogP contribution in [0.2, 0.25) is 0 Å². The molecule has 0 N–H and O–H groups in total. The predicted molar refractivity (Wildman–Crippen MR) is 40.1 cm³/mol. The molecule has 2 rings (SSSR count). The highest BCUT2D eigenvalue weighted by molar-refractivity contribution is 4.89. The number of ether oxygens (including phenoxy) is 2. The van der Waals surface area contributed by atoms with Crippen LogP contribution in [0.4, 0.5) is 0 Å². The van der Waals surface area contributed by atoms with Gasteiger partial charge in [0.2, 0.25) is 12.6 Å². The average Bonchev–Trinajstić information content (AvgIpc) is 2.68. The highest BCUT2D eigenvalue weighted by Gasteiger charge is 2.55. The lowest BCUT2D eigenvalue weighted by Crippen LogP contribution is -2.12. The summed E-state index contributed by atoms with van der Waals surface area (Å²) in [6, 6.07) is 0. The van der Waals surface area contributed by atoms with Gasteiger partial charge < -0.3 is 9.47 Å². The van der Waals surface area contributed by atoms with Gasteiger partial charge in [-0.15, -0.1) is 0 Å². The first-order valence-corrected chi connectivity index (χ1v) is 4.10. The van der Waals surface area contributed by atoms with E-state index in [9.17, 15) is 0 Å². The molecule has 0 aromatic carbocycles. The minimum atomic E-state index is -0.238. The molecule has 0 amide bonds. The van der Waals surface area contributed by atoms with Crippen molar-refractivity contribution in [1.82, 2.24) is 0 Å². The zero-order valence-electron chi connectivity index (χ0n) is 7.79. The maximum absolute atomic E-state index is 5.15. The van der Waals surface area contributed by atoms with E-state index < -0.39 is 0 Å². The van der Waals surface area contributed by atoms with Crippen LogP contribution in [-0.2, 0) is 19.2 Å². The van der Waals surface area contributed by atoms with Gasteiger partial charge in [-0.25, -0.2) is 0 Å². The third-order valence-electron chi connectivity index (χ3n) is 2.07. The number of rotatable bonds is 3. The number of hydrogen-bond donors (Lipinski definition) is 0. The molecule has 0 radical (unpaired) electrons. The van der Waals surface area contributed by atoms with E-state index in [-0.39, 0.29) is 23.8 Å². The molecule has 0 saturated carbocycles. The monoisotopic (exact) mass is 174 g/mol. The van der Waals surface area contributed by atoms with Crippen LogP contribution in [0.3, 0.4) is 0 Å². The second-order valence-electron chi connectivity index (χ2n) is 4.30. The van der Waals surface area contributed by atoms with Gasteiger partial charge in [-0.05, 0) is 27.7 Å². The van der Waals surface area contributed by atoms with Crippen molar-refractivity contribution in [3.63, 3.8) is 0 Å². The Balaban J connectivity index is 1.66. The Kier molecular flexibility index (Phi) is 1.55. The molecule has 0 aromatic heterocycles. The first-order valence-electron chi connectivity index (χ1n) is 4.10. The van der Waals surface area contributed by atoms with E-state index >= 15 is 0 Å². The Labute approximate surface area is 71.7 Å². The fourth-order valence-electron chi connectivity index (χ4n) is 0.856. The van der Waals surface area contributed by atoms with Gasteiger partial charge in [-0.1, -0.05) is 0 Å². The summed E-state index contributed by atoms with van der Waals surface area (Å²) < 4.78 is 10.3. The number of hydrogen-bond acceptors (Lipinski definition) is 4. The van der Waals surface area contributed by atoms with Crippen molar-refractivity contribution in [3.05, 3.63) is 0 Å². The van der Waals surface area contributed by atoms with Crippen molar-refractivity contribution in [3.8, 4) is 0 Å². The Hall–Kier alpha value is -0.160. The minimum Gasteiger partial charge on any atom is -0.336 e. The van der Waals surface area contributed by atoms with Crippen LogP contribution < -0.4 is 0 Å². The van der Waals surface area contributed by atoms with Gasteiger partial charge in [-0.3, -0.25) is 0 Å². The van der Waals surface area contributed by atoms with E-state index in [0.717, 1.165) is 0 Å². The van der Waals surface area contributed by atoms with Gasteiger partial charge >= 0.3 is 0 Å². The van der Waals surface area contributed by atoms with Gasteiger partial charge in [-0.2, -0.15) is 9.78 Å². The Bertz CT molecular complexity index is 177. The molecule has 2 atom stereocenters. The van der Waals surface area contributed by atoms with Gasteiger partial charge in [0.15, 0.2) is 0 Å². The zero-order chi connectivity index (χ0) is 8.98. The van der Waals surface area contributed by atoms with Crippen molar-refractivity contribution >= 4 is 0 Å². The molecule has 12 heavy (non-hydrogen) atoms. The van der Waals surface area contributed by atoms with E-state index in [0.29, 0.717) is 0 Å². The molecule has 4 heteroatoms. The first kappa shape index (κ1) is 8.44. The Morgan fingerprint density at radius 1 is 0.833 bits per heavy atom. The summed E-state index contributed by atoms with van der Waals surface area (Å²) in [6.45, 7) is 7.78. The molecular weight excluding hydrogens is 160 g/mol. The molecule has 2 unspecified atom stereocenters. The van der Waals surface area contributed by atoms with Crippen LogP contribution in [0.5, 0.6) is 0 Å². The van der Waals surface area contributed by atoms with E-state index in [1.807, 2.05) is 27.7 Å². The van der Waals surface area contributed by atoms with Gasteiger partial charge in [0, 0.05) is 0 Å². The fourth-order valence-corrected chi connectivity index (χ4v) is 0.856. The average molecular weight is 174 g/mol. The lowest BCUT2D eigenvalue weighted by molar-refractivity contribution is -0.345. The molecule has 0 bridgehead atoms. The topological polar surface area (TPSA) is 43.5 Å². The van der Waals surface area contributed by atoms with Crippen molar-refractivity contribution in [1.29, 1.82) is 0 Å². The molecule has 0 spiro atoms. The summed E-state index contributed by atoms with van der Waals surface area (Å²) >= 11 is 0. The van der Waals surface area contributed by atoms with Crippen molar-refractivity contribution in [2.24, 2.45) is 0 Å². The molecule has 2 heterocycles. The molecule has 0 aliphatic carbocycles. The van der Waals surface area contributed by atoms with E-state index in [4.69, 9.17) is 19.2 Å². The van der Waals surface area contributed by atoms with Crippen LogP contribution in [0.25, 0.3) is 0 Å². The minimum absolute atomic E-state index is 0.195. The van der Waals surface area contributed by atoms with Gasteiger partial charge in [0.1, 0.15) is 11.2 Å². The van der Waals surface area contributed by atoms with Gasteiger partial charge in [0.05, 0.1) is 0 Å². The lowest BCUT2D eigenvalue weighted by Gasteiger charge is -1.98. The molecule has 2 fully saturated rings. The highest BCUT2D eigenvalue weighted by Crippen LogP contribution is 2.40. The highest BCUT2D eigenvalue weighted by atomic mass is 17.3. The molecule has 70 valence electrons. The molecule has 2 aliphatic heterocycles. The SMILES string of the molecule is CC1(C)OC1OOC1OC1(C)C. The van der Waals surface area contributed by atoms with Crippen LogP contribution >= 0.6 is 0 Å². The van der Waals surface area contributed by atoms with Crippen LogP contribution in [0.15, 0.2) is 0 Å². The van der Waals surface area contributed by atoms with E-state index in [1.54, 1.807) is 0 Å². The van der Waals surface area contributed by atoms with Crippen molar-refractivity contribution < 1.29 is 19.2 Å². The smallest absolute Gasteiger partial charge is 0.220 e. The summed E-state index contributed by atoms with van der Waals surface area (Å²) in [5.41, 5.74) is -0.391. The first-order chi connectivity index (χ1) is 5.42. The van der Waals surface area contributed by atoms with Gasteiger partial charge in [0.25, 0.3) is 0 Å². The van der Waals surface area contributed by atoms with Crippen molar-refractivity contribution in [2.75, 3.05) is 0 Å². The van der Waals surface area contributed by atoms with E-state index in [2.05, 4.69) is 0 Å². The van der Waals surface area contributed by atoms with Crippen LogP contribution in [-0.4, -0.2) is 23.8 Å². The predicted octanol–water partition coefficient (Wildman–Crippen LogP) is 1.20. The summed E-state index contributed by atoms with van der Waals surface area (Å²) in [7, 11) is 0. The molecule has 2 saturated heterocycles. The summed E-state index contributed by atoms with van der Waals surface area (Å²) in [6.07, 6.45) is -0.477. The third kappa shape index (κ3) is 1.47. The van der Waals surface area contributed by atoms with Crippen LogP contribution in [0.1, 0.15) is 27.7 Å². The Morgan fingerprint density at radius 2 is 1.08 bits per heavy atom. The summed E-state index contributed by atoms with van der Waals surface area (Å²) in [5.74, 6) is 0. The standard InChI is InChI=1S/C8H14O4/c1-7(2)5(9-7)11-12-6-8(3,4)10-6/h5-6H,1-4H3. The maximum Gasteiger partial charge on any atom is 0.220 e. The summed E-state index contributed by atoms with van der Waals surface area (Å²) in [4.78, 5) is 9.96. The Morgan fingerprint density at radius 3 is 1.25 bits per heavy atom. The largest absolute Gasteiger partial charge is 0.336 e. The fraction of sp³-hybridized carbons (Fsp3) is 1.00. The molecule has 4 nitrogen and oxygen atoms in total. The van der Waals surface area contributed by atoms with Crippen molar-refractivity contribution in [2.45, 2.75) is 51.5 Å². The second kappa shape index (κ2) is 2.20. The van der Waals surface area contributed by atoms with Crippen LogP contribution in [0, 0.1) is 0 Å². The molecule has 0 aromatic rings. The maximum atomic E-state index is 5.15. The normalized spacial score (nSPS) is 41.0. The number of epoxide rings is 2. The van der Waals surface area contributed by atoms with E-state index in [1.165, 1.54) is 0 Å². The quantitative estimate of drug-likeness (QED) is 0.366. The molecule has 2 aliphatic rings. The molecular formula is C8H14O4. The third-order valence-corrected chi connectivity index (χ3v) is 2.07. The second-order valence-corrected chi connectivity index (χ2v) is 4.30. The zero-order valence-corrected chi connectivity index (χ0v) is 7.79.